The van der Waals surface area contributed by atoms with Gasteiger partial charge in [-0.15, -0.1) is 0 Å². The fourth-order valence-electron chi connectivity index (χ4n) is 1.38. The lowest BCUT2D eigenvalue weighted by atomic mass is 9.85. The smallest absolute Gasteiger partial charge is 0.256 e. The van der Waals surface area contributed by atoms with Crippen molar-refractivity contribution in [1.82, 2.24) is 5.32 Å². The van der Waals surface area contributed by atoms with Gasteiger partial charge in [0.05, 0.1) is 5.54 Å². The second kappa shape index (κ2) is 4.88. The topological polar surface area (TPSA) is 55.1 Å². The molecule has 0 aromatic rings. The summed E-state index contributed by atoms with van der Waals surface area (Å²) in [5.74, 6) is 0.0758. The second-order valence-corrected chi connectivity index (χ2v) is 4.48. The van der Waals surface area contributed by atoms with Crippen molar-refractivity contribution in [1.29, 1.82) is 0 Å². The van der Waals surface area contributed by atoms with Crippen LogP contribution >= 0.6 is 0 Å². The number of nitrogens with one attached hydrogen (secondary N) is 1. The van der Waals surface area contributed by atoms with Crippen LogP contribution < -0.4 is 11.1 Å². The molecule has 1 saturated carbocycles. The van der Waals surface area contributed by atoms with Crippen LogP contribution in [0.4, 0.5) is 8.78 Å². The third-order valence-electron chi connectivity index (χ3n) is 2.94. The first-order valence-electron chi connectivity index (χ1n) is 5.28. The fourth-order valence-corrected chi connectivity index (χ4v) is 1.38. The molecular weight excluding hydrogens is 202 g/mol. The molecule has 3 nitrogen and oxygen atoms in total. The van der Waals surface area contributed by atoms with Gasteiger partial charge in [0.1, 0.15) is 0 Å². The summed E-state index contributed by atoms with van der Waals surface area (Å²) in [6.45, 7) is 1.53. The molecule has 5 heteroatoms. The molecule has 15 heavy (non-hydrogen) atoms. The van der Waals surface area contributed by atoms with Gasteiger partial charge >= 0.3 is 0 Å². The third-order valence-corrected chi connectivity index (χ3v) is 2.94. The summed E-state index contributed by atoms with van der Waals surface area (Å²) in [6, 6.07) is 0. The number of amides is 1. The molecule has 0 bridgehead atoms. The number of hydrogen-bond donors (Lipinski definition) is 2. The molecule has 1 aliphatic carbocycles. The van der Waals surface area contributed by atoms with Gasteiger partial charge in [0.2, 0.25) is 5.91 Å². The van der Waals surface area contributed by atoms with E-state index in [1.165, 1.54) is 6.92 Å². The van der Waals surface area contributed by atoms with Crippen molar-refractivity contribution in [2.45, 2.75) is 44.6 Å². The van der Waals surface area contributed by atoms with Crippen LogP contribution in [-0.4, -0.2) is 24.4 Å². The Morgan fingerprint density at radius 1 is 1.60 bits per heavy atom. The maximum absolute atomic E-state index is 12.3. The highest BCUT2D eigenvalue weighted by Gasteiger charge is 2.30. The predicted molar refractivity (Wildman–Crippen MR) is 53.6 cm³/mol. The minimum atomic E-state index is -2.56. The Balaban J connectivity index is 2.17. The van der Waals surface area contributed by atoms with E-state index < -0.39 is 12.0 Å². The third kappa shape index (κ3) is 3.41. The molecule has 0 radical (unpaired) electrons. The van der Waals surface area contributed by atoms with Crippen LogP contribution in [0.1, 0.15) is 32.6 Å². The zero-order valence-corrected chi connectivity index (χ0v) is 8.93. The van der Waals surface area contributed by atoms with Gasteiger partial charge in [-0.25, -0.2) is 8.78 Å². The normalized spacial score (nSPS) is 20.9. The van der Waals surface area contributed by atoms with Gasteiger partial charge in [0, 0.05) is 12.5 Å². The van der Waals surface area contributed by atoms with Gasteiger partial charge in [-0.3, -0.25) is 4.79 Å². The van der Waals surface area contributed by atoms with Crippen LogP contribution in [-0.2, 0) is 4.79 Å². The molecule has 1 unspecified atom stereocenters. The van der Waals surface area contributed by atoms with E-state index in [1.807, 2.05) is 0 Å². The van der Waals surface area contributed by atoms with E-state index in [0.29, 0.717) is 0 Å². The number of rotatable bonds is 5. The van der Waals surface area contributed by atoms with Crippen molar-refractivity contribution >= 4 is 5.91 Å². The number of carbonyl (C=O) groups excluding carboxylic acids is 1. The van der Waals surface area contributed by atoms with Gasteiger partial charge in [-0.1, -0.05) is 6.42 Å². The monoisotopic (exact) mass is 220 g/mol. The maximum Gasteiger partial charge on any atom is 0.256 e. The Bertz CT molecular complexity index is 227. The summed E-state index contributed by atoms with van der Waals surface area (Å²) in [4.78, 5) is 11.3. The largest absolute Gasteiger partial charge is 0.356 e. The molecule has 0 spiro atoms. The fraction of sp³-hybridized carbons (Fsp3) is 0.900. The predicted octanol–water partition coefficient (Wildman–Crippen LogP) is 1.28. The number of halogens is 2. The quantitative estimate of drug-likeness (QED) is 0.733. The lowest BCUT2D eigenvalue weighted by Gasteiger charge is -2.26. The van der Waals surface area contributed by atoms with Gasteiger partial charge in [0.25, 0.3) is 6.43 Å². The van der Waals surface area contributed by atoms with Crippen LogP contribution in [0.25, 0.3) is 0 Å². The van der Waals surface area contributed by atoms with E-state index in [-0.39, 0.29) is 24.8 Å². The SMILES string of the molecule is CC(N)(CCNC(=O)C1CCC1)C(F)F. The summed E-state index contributed by atoms with van der Waals surface area (Å²) in [5.41, 5.74) is 3.86. The Kier molecular flexibility index (Phi) is 4.02. The van der Waals surface area contributed by atoms with Crippen molar-refractivity contribution in [2.24, 2.45) is 11.7 Å². The molecule has 0 heterocycles. The van der Waals surface area contributed by atoms with E-state index in [4.69, 9.17) is 5.73 Å². The molecule has 0 aromatic carbocycles. The van der Waals surface area contributed by atoms with Crippen LogP contribution in [0.3, 0.4) is 0 Å². The summed E-state index contributed by atoms with van der Waals surface area (Å²) in [5, 5.41) is 2.64. The van der Waals surface area contributed by atoms with E-state index in [9.17, 15) is 13.6 Å². The first-order chi connectivity index (χ1) is 6.93. The molecule has 88 valence electrons. The van der Waals surface area contributed by atoms with Crippen LogP contribution in [0.5, 0.6) is 0 Å². The lowest BCUT2D eigenvalue weighted by molar-refractivity contribution is -0.127. The van der Waals surface area contributed by atoms with Crippen molar-refractivity contribution in [3.63, 3.8) is 0 Å². The number of nitrogens with two attached hydrogens (primary N) is 1. The minimum absolute atomic E-state index is 0.0219. The van der Waals surface area contributed by atoms with Crippen molar-refractivity contribution in [3.8, 4) is 0 Å². The Morgan fingerprint density at radius 2 is 2.20 bits per heavy atom. The Morgan fingerprint density at radius 3 is 2.60 bits per heavy atom. The first kappa shape index (κ1) is 12.4. The number of hydrogen-bond acceptors (Lipinski definition) is 2. The van der Waals surface area contributed by atoms with Crippen LogP contribution in [0, 0.1) is 5.92 Å². The van der Waals surface area contributed by atoms with Crippen LogP contribution in [0.15, 0.2) is 0 Å². The maximum atomic E-state index is 12.3. The summed E-state index contributed by atoms with van der Waals surface area (Å²) in [7, 11) is 0. The average Bonchev–Trinajstić information content (AvgIpc) is 1.99. The molecule has 0 saturated heterocycles. The van der Waals surface area contributed by atoms with Gasteiger partial charge in [-0.2, -0.15) is 0 Å². The van der Waals surface area contributed by atoms with E-state index in [0.717, 1.165) is 19.3 Å². The highest BCUT2D eigenvalue weighted by Crippen LogP contribution is 2.26. The van der Waals surface area contributed by atoms with Crippen LogP contribution in [0.2, 0.25) is 0 Å². The van der Waals surface area contributed by atoms with Crippen molar-refractivity contribution in [2.75, 3.05) is 6.54 Å². The number of carbonyl (C=O) groups is 1. The molecule has 3 N–H and O–H groups in total. The lowest BCUT2D eigenvalue weighted by Crippen LogP contribution is -2.47. The van der Waals surface area contributed by atoms with Gasteiger partial charge in [-0.05, 0) is 26.2 Å². The molecule has 0 aliphatic heterocycles. The highest BCUT2D eigenvalue weighted by molar-refractivity contribution is 5.79. The molecule has 1 atom stereocenters. The van der Waals surface area contributed by atoms with Gasteiger partial charge in [0.15, 0.2) is 0 Å². The molecule has 1 amide bonds. The zero-order valence-electron chi connectivity index (χ0n) is 8.93. The second-order valence-electron chi connectivity index (χ2n) is 4.48. The first-order valence-corrected chi connectivity index (χ1v) is 5.28. The van der Waals surface area contributed by atoms with Crippen molar-refractivity contribution < 1.29 is 13.6 Å². The molecule has 1 rings (SSSR count). The van der Waals surface area contributed by atoms with E-state index in [1.54, 1.807) is 0 Å². The Labute approximate surface area is 88.4 Å². The number of alkyl halides is 2. The van der Waals surface area contributed by atoms with Crippen molar-refractivity contribution in [3.05, 3.63) is 0 Å². The summed E-state index contributed by atoms with van der Waals surface area (Å²) < 4.78 is 24.7. The molecule has 0 aromatic heterocycles. The van der Waals surface area contributed by atoms with Gasteiger partial charge < -0.3 is 11.1 Å². The summed E-state index contributed by atoms with van der Waals surface area (Å²) in [6.07, 6.45) is 0.465. The zero-order chi connectivity index (χ0) is 11.5. The molecular formula is C10H18F2N2O. The minimum Gasteiger partial charge on any atom is -0.356 e. The summed E-state index contributed by atoms with van der Waals surface area (Å²) >= 11 is 0. The van der Waals surface area contributed by atoms with E-state index >= 15 is 0 Å². The standard InChI is InChI=1S/C10H18F2N2O/c1-10(13,9(11)12)5-6-14-8(15)7-3-2-4-7/h7,9H,2-6,13H2,1H3,(H,14,15). The molecule has 1 aliphatic rings. The average molecular weight is 220 g/mol. The highest BCUT2D eigenvalue weighted by atomic mass is 19.3. The Hall–Kier alpha value is -0.710. The van der Waals surface area contributed by atoms with E-state index in [2.05, 4.69) is 5.32 Å². The molecule has 1 fully saturated rings.